The van der Waals surface area contributed by atoms with E-state index in [2.05, 4.69) is 54.8 Å². The van der Waals surface area contributed by atoms with Gasteiger partial charge < -0.3 is 49.9 Å². The summed E-state index contributed by atoms with van der Waals surface area (Å²) in [7, 11) is 0.382. The van der Waals surface area contributed by atoms with E-state index in [4.69, 9.17) is 0 Å². The zero-order valence-corrected chi connectivity index (χ0v) is 49.7. The van der Waals surface area contributed by atoms with Crippen LogP contribution >= 0.6 is 0 Å². The summed E-state index contributed by atoms with van der Waals surface area (Å²) in [5, 5.41) is 15.4. The number of pyridine rings is 3. The van der Waals surface area contributed by atoms with Crippen molar-refractivity contribution in [2.75, 3.05) is 107 Å². The number of carbonyl (C=O) groups excluding carboxylic acids is 3. The fourth-order valence-electron chi connectivity index (χ4n) is 14.9. The molecule has 21 nitrogen and oxygen atoms in total. The standard InChI is InChI=1S/C21H29N5O3S.C20H27N5O2.C19H24F3N5O/c1-2-24-14-26(19-17-8-9-22-20(17)23-12-18(19)21(24)27)16-6-4-15(5-7-16)13-25-10-3-11-30(25,28)29;1-23-12-25(14-4-2-13(3-5-14)9-24-10-15(26)11-24)18-16-6-7-21-19(16)22-8-17(18)20(23)27;1-26(10-19(20,21)22)9-12-2-4-13(5-3-12)27-11-25-18(28)15-8-24-17-14(16(15)27)6-7-23-17/h8-9,12,15-16H,2-7,10-11,13-14H2,1H3,(H,22,23);6-8,13-15,26H,2-5,9-12H2,1H3,(H,21,22);6-8,12-13H,2-5,9-11H2,1H3,(H,23,24)(H,25,28). The summed E-state index contributed by atoms with van der Waals surface area (Å²) in [4.78, 5) is 75.0. The fraction of sp³-hybridized carbons (Fsp3) is 0.600. The van der Waals surface area contributed by atoms with Crippen LogP contribution < -0.4 is 20.0 Å². The fourth-order valence-corrected chi connectivity index (χ4v) is 16.5. The van der Waals surface area contributed by atoms with Crippen LogP contribution in [0.2, 0.25) is 0 Å². The van der Waals surface area contributed by atoms with Gasteiger partial charge >= 0.3 is 6.18 Å². The number of halogens is 3. The Kier molecular flexibility index (Phi) is 16.8. The molecule has 85 heavy (non-hydrogen) atoms. The predicted molar refractivity (Wildman–Crippen MR) is 320 cm³/mol. The van der Waals surface area contributed by atoms with Gasteiger partial charge in [-0.05, 0) is 133 Å². The number of carbonyl (C=O) groups is 3. The number of H-pyrrole nitrogens is 3. The second-order valence-electron chi connectivity index (χ2n) is 25.0. The van der Waals surface area contributed by atoms with Gasteiger partial charge in [0.25, 0.3) is 17.7 Å². The summed E-state index contributed by atoms with van der Waals surface area (Å²) in [6.45, 7) is 8.10. The lowest BCUT2D eigenvalue weighted by Gasteiger charge is -2.45. The van der Waals surface area contributed by atoms with E-state index in [0.29, 0.717) is 86.6 Å². The van der Waals surface area contributed by atoms with E-state index in [1.165, 1.54) is 24.8 Å². The van der Waals surface area contributed by atoms with Gasteiger partial charge in [0.2, 0.25) is 10.0 Å². The van der Waals surface area contributed by atoms with Gasteiger partial charge in [-0.3, -0.25) is 24.2 Å². The second kappa shape index (κ2) is 24.3. The molecule has 25 heteroatoms. The number of aromatic amines is 3. The first-order valence-corrected chi connectivity index (χ1v) is 32.1. The monoisotopic (exact) mass is 1200 g/mol. The van der Waals surface area contributed by atoms with Crippen molar-refractivity contribution in [2.24, 2.45) is 17.8 Å². The highest BCUT2D eigenvalue weighted by atomic mass is 32.2. The highest BCUT2D eigenvalue weighted by Gasteiger charge is 2.41. The molecule has 0 bridgehead atoms. The number of β-amino-alcohol motifs (C(OH)–C–C–N with tert-alkyl or cyclic N) is 1. The Bertz CT molecular complexity index is 3490. The van der Waals surface area contributed by atoms with Gasteiger partial charge in [-0.25, -0.2) is 27.7 Å². The van der Waals surface area contributed by atoms with Crippen molar-refractivity contribution in [2.45, 2.75) is 121 Å². The van der Waals surface area contributed by atoms with Crippen LogP contribution in [0.15, 0.2) is 55.4 Å². The van der Waals surface area contributed by atoms with Gasteiger partial charge in [-0.1, -0.05) is 0 Å². The molecule has 3 aliphatic carbocycles. The summed E-state index contributed by atoms with van der Waals surface area (Å²) in [6, 6.07) is 7.03. The molecule has 5 fully saturated rings. The van der Waals surface area contributed by atoms with Gasteiger partial charge in [-0.15, -0.1) is 0 Å². The number of hydrogen-bond acceptors (Lipinski definition) is 14. The van der Waals surface area contributed by atoms with Crippen LogP contribution in [0.4, 0.5) is 30.2 Å². The van der Waals surface area contributed by atoms with Crippen LogP contribution in [-0.4, -0.2) is 208 Å². The second-order valence-corrected chi connectivity index (χ2v) is 27.1. The zero-order valence-electron chi connectivity index (χ0n) is 48.9. The molecule has 5 aliphatic heterocycles. The van der Waals surface area contributed by atoms with E-state index in [1.54, 1.807) is 27.8 Å². The van der Waals surface area contributed by atoms with Gasteiger partial charge in [0.05, 0.1) is 72.2 Å². The number of hydrogen-bond donors (Lipinski definition) is 5. The minimum atomic E-state index is -4.16. The molecule has 458 valence electrons. The molecule has 0 spiro atoms. The normalized spacial score (nSPS) is 25.8. The minimum absolute atomic E-state index is 0.0484. The number of amides is 3. The molecular formula is C60H80F3N15O6S. The van der Waals surface area contributed by atoms with Crippen molar-refractivity contribution in [3.8, 4) is 0 Å². The lowest BCUT2D eigenvalue weighted by atomic mass is 9.84. The third-order valence-electron chi connectivity index (χ3n) is 19.3. The first kappa shape index (κ1) is 58.8. The van der Waals surface area contributed by atoms with Gasteiger partial charge in [0.1, 0.15) is 16.9 Å². The Balaban J connectivity index is 0.000000125. The maximum absolute atomic E-state index is 12.9. The van der Waals surface area contributed by atoms with E-state index in [0.717, 1.165) is 146 Å². The number of alkyl halides is 3. The summed E-state index contributed by atoms with van der Waals surface area (Å²) in [5.74, 6) is 1.70. The number of aromatic nitrogens is 6. The van der Waals surface area contributed by atoms with Crippen molar-refractivity contribution in [3.05, 3.63) is 72.1 Å². The molecule has 0 aromatic carbocycles. The van der Waals surface area contributed by atoms with Gasteiger partial charge in [0.15, 0.2) is 0 Å². The van der Waals surface area contributed by atoms with Crippen molar-refractivity contribution in [3.63, 3.8) is 0 Å². The van der Waals surface area contributed by atoms with Crippen molar-refractivity contribution >= 4 is 77.9 Å². The van der Waals surface area contributed by atoms with E-state index < -0.39 is 22.7 Å². The number of nitrogens with one attached hydrogen (secondary N) is 4. The number of anilines is 3. The summed E-state index contributed by atoms with van der Waals surface area (Å²) < 4.78 is 63.6. The molecule has 2 saturated heterocycles. The average Bonchev–Trinajstić information content (AvgIpc) is 2.37. The Labute approximate surface area is 493 Å². The number of nitrogens with zero attached hydrogens (tertiary/aromatic N) is 11. The number of rotatable bonds is 11. The average molecular weight is 1200 g/mol. The molecule has 8 aliphatic rings. The third-order valence-corrected chi connectivity index (χ3v) is 21.2. The number of aliphatic hydroxyl groups excluding tert-OH is 1. The predicted octanol–water partition coefficient (Wildman–Crippen LogP) is 7.17. The molecule has 11 heterocycles. The van der Waals surface area contributed by atoms with Crippen LogP contribution in [0, 0.1) is 17.8 Å². The molecule has 0 unspecified atom stereocenters. The lowest BCUT2D eigenvalue weighted by Crippen LogP contribution is -2.53. The van der Waals surface area contributed by atoms with E-state index in [1.807, 2.05) is 55.7 Å². The SMILES string of the molecule is CCN1CN(C2CCC(CN3CCCS3(=O)=O)CC2)c2c(cnc3[nH]ccc23)C1=O.CN(CC1CCC(N2CNC(=O)c3cnc4[nH]ccc4c32)CC1)CC(F)(F)F.CN1CN(C2CCC(CN3CC(O)C3)CC2)c2c(cnc3[nH]ccc23)C1=O. The Morgan fingerprint density at radius 1 is 0.659 bits per heavy atom. The molecular weight excluding hydrogens is 1120 g/mol. The topological polar surface area (TPSA) is 230 Å². The number of sulfonamides is 1. The quantitative estimate of drug-likeness (QED) is 0.0867. The maximum atomic E-state index is 12.9. The van der Waals surface area contributed by atoms with Crippen LogP contribution in [0.3, 0.4) is 0 Å². The van der Waals surface area contributed by atoms with Crippen molar-refractivity contribution in [1.29, 1.82) is 0 Å². The molecule has 0 radical (unpaired) electrons. The van der Waals surface area contributed by atoms with Crippen LogP contribution in [0.1, 0.15) is 121 Å². The smallest absolute Gasteiger partial charge is 0.390 e. The molecule has 6 aromatic heterocycles. The molecule has 3 saturated carbocycles. The van der Waals surface area contributed by atoms with Gasteiger partial charge in [-0.2, -0.15) is 13.2 Å². The molecule has 14 rings (SSSR count). The first-order valence-electron chi connectivity index (χ1n) is 30.5. The molecule has 3 amide bonds. The Morgan fingerprint density at radius 2 is 1.14 bits per heavy atom. The molecule has 0 atom stereocenters. The summed E-state index contributed by atoms with van der Waals surface area (Å²) >= 11 is 0. The number of fused-ring (bicyclic) bond motifs is 9. The summed E-state index contributed by atoms with van der Waals surface area (Å²) in [6.07, 6.45) is 19.4. The van der Waals surface area contributed by atoms with E-state index in [9.17, 15) is 41.1 Å². The van der Waals surface area contributed by atoms with Crippen molar-refractivity contribution < 1.29 is 41.1 Å². The largest absolute Gasteiger partial charge is 0.401 e. The van der Waals surface area contributed by atoms with Crippen LogP contribution in [0.25, 0.3) is 33.1 Å². The van der Waals surface area contributed by atoms with Crippen LogP contribution in [-0.2, 0) is 10.0 Å². The third kappa shape index (κ3) is 12.3. The minimum Gasteiger partial charge on any atom is -0.390 e. The van der Waals surface area contributed by atoms with E-state index in [-0.39, 0.29) is 35.8 Å². The summed E-state index contributed by atoms with van der Waals surface area (Å²) in [5.41, 5.74) is 7.35. The number of aliphatic hydroxyl groups is 1. The highest BCUT2D eigenvalue weighted by molar-refractivity contribution is 7.89. The van der Waals surface area contributed by atoms with Crippen molar-refractivity contribution in [1.82, 2.24) is 59.1 Å². The number of likely N-dealkylation sites (tertiary alicyclic amines) is 1. The molecule has 6 aromatic rings. The first-order chi connectivity index (χ1) is 40.9. The zero-order chi connectivity index (χ0) is 59.3. The Morgan fingerprint density at radius 3 is 1.65 bits per heavy atom. The highest BCUT2D eigenvalue weighted by Crippen LogP contribution is 2.42. The van der Waals surface area contributed by atoms with Gasteiger partial charge in [0, 0.05) is 124 Å². The van der Waals surface area contributed by atoms with Crippen LogP contribution in [0.5, 0.6) is 0 Å². The van der Waals surface area contributed by atoms with E-state index >= 15 is 0 Å². The lowest BCUT2D eigenvalue weighted by molar-refractivity contribution is -0.144. The Hall–Kier alpha value is -6.54. The molecule has 5 N–H and O–H groups in total. The maximum Gasteiger partial charge on any atom is 0.401 e.